The first-order chi connectivity index (χ1) is 15.9. The number of piperidine rings is 1. The van der Waals surface area contributed by atoms with E-state index in [-0.39, 0.29) is 18.2 Å². The minimum absolute atomic E-state index is 0.112. The quantitative estimate of drug-likeness (QED) is 0.510. The maximum atomic E-state index is 13.0. The van der Waals surface area contributed by atoms with E-state index >= 15 is 0 Å². The summed E-state index contributed by atoms with van der Waals surface area (Å²) in [6.45, 7) is 2.55. The van der Waals surface area contributed by atoms with Gasteiger partial charge in [0, 0.05) is 30.6 Å². The van der Waals surface area contributed by atoms with E-state index in [2.05, 4.69) is 15.5 Å². The molecule has 2 heterocycles. The van der Waals surface area contributed by atoms with Gasteiger partial charge in [0.05, 0.1) is 10.0 Å². The molecule has 7 nitrogen and oxygen atoms in total. The van der Waals surface area contributed by atoms with E-state index in [0.29, 0.717) is 46.9 Å². The van der Waals surface area contributed by atoms with Gasteiger partial charge in [0.25, 0.3) is 0 Å². The second kappa shape index (κ2) is 10.4. The topological polar surface area (TPSA) is 88.3 Å². The number of benzene rings is 2. The van der Waals surface area contributed by atoms with Crippen LogP contribution in [0.15, 0.2) is 46.9 Å². The molecule has 0 bridgehead atoms. The lowest BCUT2D eigenvalue weighted by molar-refractivity contribution is -0.140. The number of likely N-dealkylation sites (tertiary alicyclic amines) is 1. The number of carbonyl (C=O) groups is 2. The number of rotatable bonds is 6. The molecule has 4 rings (SSSR count). The van der Waals surface area contributed by atoms with Gasteiger partial charge >= 0.3 is 0 Å². The van der Waals surface area contributed by atoms with Crippen molar-refractivity contribution in [2.45, 2.75) is 45.1 Å². The van der Waals surface area contributed by atoms with Crippen molar-refractivity contribution in [1.29, 1.82) is 0 Å². The lowest BCUT2D eigenvalue weighted by Gasteiger charge is -2.34. The third kappa shape index (κ3) is 5.72. The fraction of sp³-hybridized carbons (Fsp3) is 0.333. The molecule has 2 amide bonds. The molecule has 1 unspecified atom stereocenters. The number of nitrogens with zero attached hydrogens (tertiary/aromatic N) is 3. The van der Waals surface area contributed by atoms with E-state index in [0.717, 1.165) is 24.0 Å². The normalized spacial score (nSPS) is 16.0. The summed E-state index contributed by atoms with van der Waals surface area (Å²) >= 11 is 12.0. The average molecular weight is 487 g/mol. The summed E-state index contributed by atoms with van der Waals surface area (Å²) in [7, 11) is 0. The molecule has 3 aromatic rings. The number of anilines is 1. The first-order valence-corrected chi connectivity index (χ1v) is 11.6. The van der Waals surface area contributed by atoms with E-state index < -0.39 is 6.04 Å². The largest absolute Gasteiger partial charge is 0.421 e. The van der Waals surface area contributed by atoms with Crippen LogP contribution in [0.5, 0.6) is 0 Å². The molecule has 1 atom stereocenters. The van der Waals surface area contributed by atoms with Crippen LogP contribution < -0.4 is 5.32 Å². The lowest BCUT2D eigenvalue weighted by Crippen LogP contribution is -2.50. The molecule has 2 aromatic carbocycles. The van der Waals surface area contributed by atoms with Gasteiger partial charge in [-0.05, 0) is 56.5 Å². The highest BCUT2D eigenvalue weighted by Crippen LogP contribution is 2.26. The van der Waals surface area contributed by atoms with Crippen molar-refractivity contribution in [3.63, 3.8) is 0 Å². The molecule has 9 heteroatoms. The van der Waals surface area contributed by atoms with Gasteiger partial charge in [-0.3, -0.25) is 9.59 Å². The first kappa shape index (κ1) is 23.3. The zero-order valence-corrected chi connectivity index (χ0v) is 19.7. The van der Waals surface area contributed by atoms with E-state index in [9.17, 15) is 9.59 Å². The Morgan fingerprint density at radius 3 is 2.64 bits per heavy atom. The number of hydrogen-bond donors (Lipinski definition) is 1. The molecule has 0 spiro atoms. The molecule has 0 radical (unpaired) electrons. The molecule has 1 aliphatic rings. The SMILES string of the molecule is Cc1ccc(-c2nnc(CCC(=O)N3CCCCC3C(=O)Nc3ccc(Cl)c(Cl)c3)o2)cc1. The summed E-state index contributed by atoms with van der Waals surface area (Å²) < 4.78 is 5.73. The van der Waals surface area contributed by atoms with Crippen LogP contribution >= 0.6 is 23.2 Å². The summed E-state index contributed by atoms with van der Waals surface area (Å²) in [5.41, 5.74) is 2.52. The lowest BCUT2D eigenvalue weighted by atomic mass is 10.0. The standard InChI is InChI=1S/C24H24Cl2N4O3/c1-15-5-7-16(8-6-15)24-29-28-21(33-24)11-12-22(31)30-13-3-2-4-20(30)23(32)27-17-9-10-18(25)19(26)14-17/h5-10,14,20H,2-4,11-13H2,1H3,(H,27,32). The van der Waals surface area contributed by atoms with Gasteiger partial charge in [-0.15, -0.1) is 10.2 Å². The minimum Gasteiger partial charge on any atom is -0.421 e. The maximum Gasteiger partial charge on any atom is 0.247 e. The highest BCUT2D eigenvalue weighted by Gasteiger charge is 2.32. The molecule has 172 valence electrons. The fourth-order valence-electron chi connectivity index (χ4n) is 3.83. The molecular weight excluding hydrogens is 463 g/mol. The van der Waals surface area contributed by atoms with Gasteiger partial charge in [0.1, 0.15) is 6.04 Å². The molecule has 1 fully saturated rings. The Morgan fingerprint density at radius 1 is 1.09 bits per heavy atom. The predicted molar refractivity (Wildman–Crippen MR) is 127 cm³/mol. The van der Waals surface area contributed by atoms with Gasteiger partial charge < -0.3 is 14.6 Å². The van der Waals surface area contributed by atoms with Crippen LogP contribution in [-0.2, 0) is 16.0 Å². The molecule has 1 N–H and O–H groups in total. The second-order valence-corrected chi connectivity index (χ2v) is 8.90. The zero-order chi connectivity index (χ0) is 23.4. The Kier molecular flexibility index (Phi) is 7.30. The average Bonchev–Trinajstić information content (AvgIpc) is 3.29. The summed E-state index contributed by atoms with van der Waals surface area (Å²) in [5, 5.41) is 11.8. The minimum atomic E-state index is -0.536. The Bertz CT molecular complexity index is 1150. The van der Waals surface area contributed by atoms with Crippen LogP contribution in [0.4, 0.5) is 5.69 Å². The number of aromatic nitrogens is 2. The van der Waals surface area contributed by atoms with Crippen molar-refractivity contribution in [1.82, 2.24) is 15.1 Å². The summed E-state index contributed by atoms with van der Waals surface area (Å²) in [6, 6.07) is 12.2. The Morgan fingerprint density at radius 2 is 1.88 bits per heavy atom. The van der Waals surface area contributed by atoms with Gasteiger partial charge in [-0.1, -0.05) is 40.9 Å². The summed E-state index contributed by atoms with van der Waals surface area (Å²) in [4.78, 5) is 27.5. The number of nitrogens with one attached hydrogen (secondary N) is 1. The van der Waals surface area contributed by atoms with Crippen LogP contribution in [0.25, 0.3) is 11.5 Å². The van der Waals surface area contributed by atoms with Gasteiger partial charge in [0.15, 0.2) is 0 Å². The van der Waals surface area contributed by atoms with Crippen molar-refractivity contribution in [2.75, 3.05) is 11.9 Å². The number of halogens is 2. The maximum absolute atomic E-state index is 13.0. The third-order valence-electron chi connectivity index (χ3n) is 5.63. The van der Waals surface area contributed by atoms with E-state index in [1.807, 2.05) is 31.2 Å². The number of amides is 2. The summed E-state index contributed by atoms with van der Waals surface area (Å²) in [5.74, 6) is 0.474. The predicted octanol–water partition coefficient (Wildman–Crippen LogP) is 5.30. The Labute approximate surface area is 202 Å². The third-order valence-corrected chi connectivity index (χ3v) is 6.37. The van der Waals surface area contributed by atoms with Crippen LogP contribution in [0.1, 0.15) is 37.1 Å². The highest BCUT2D eigenvalue weighted by atomic mass is 35.5. The Hall–Kier alpha value is -2.90. The Balaban J connectivity index is 1.37. The molecule has 1 saturated heterocycles. The van der Waals surface area contributed by atoms with Gasteiger partial charge in [-0.25, -0.2) is 0 Å². The fourth-order valence-corrected chi connectivity index (χ4v) is 4.13. The van der Waals surface area contributed by atoms with Crippen molar-refractivity contribution in [3.8, 4) is 11.5 Å². The zero-order valence-electron chi connectivity index (χ0n) is 18.2. The van der Waals surface area contributed by atoms with Gasteiger partial charge in [0.2, 0.25) is 23.6 Å². The van der Waals surface area contributed by atoms with E-state index in [4.69, 9.17) is 27.6 Å². The molecule has 1 aromatic heterocycles. The second-order valence-electron chi connectivity index (χ2n) is 8.08. The van der Waals surface area contributed by atoms with E-state index in [1.165, 1.54) is 0 Å². The van der Waals surface area contributed by atoms with E-state index in [1.54, 1.807) is 23.1 Å². The van der Waals surface area contributed by atoms with Gasteiger partial charge in [-0.2, -0.15) is 0 Å². The summed E-state index contributed by atoms with van der Waals surface area (Å²) in [6.07, 6.45) is 2.85. The van der Waals surface area contributed by atoms with Crippen LogP contribution in [0, 0.1) is 6.92 Å². The first-order valence-electron chi connectivity index (χ1n) is 10.9. The molecule has 33 heavy (non-hydrogen) atoms. The van der Waals surface area contributed by atoms with Crippen molar-refractivity contribution in [3.05, 3.63) is 64.0 Å². The molecular formula is C24H24Cl2N4O3. The van der Waals surface area contributed by atoms with Crippen LogP contribution in [0.3, 0.4) is 0 Å². The van der Waals surface area contributed by atoms with Crippen LogP contribution in [-0.4, -0.2) is 39.5 Å². The molecule has 0 aliphatic carbocycles. The van der Waals surface area contributed by atoms with Crippen LogP contribution in [0.2, 0.25) is 10.0 Å². The molecule has 1 aliphatic heterocycles. The number of carbonyl (C=O) groups excluding carboxylic acids is 2. The molecule has 0 saturated carbocycles. The van der Waals surface area contributed by atoms with Crippen molar-refractivity contribution >= 4 is 40.7 Å². The smallest absolute Gasteiger partial charge is 0.247 e. The number of aryl methyl sites for hydroxylation is 2. The monoisotopic (exact) mass is 486 g/mol. The van der Waals surface area contributed by atoms with Crippen molar-refractivity contribution in [2.24, 2.45) is 0 Å². The number of hydrogen-bond acceptors (Lipinski definition) is 5. The highest BCUT2D eigenvalue weighted by molar-refractivity contribution is 6.42. The van der Waals surface area contributed by atoms with Crippen molar-refractivity contribution < 1.29 is 14.0 Å².